The van der Waals surface area contributed by atoms with E-state index in [0.29, 0.717) is 0 Å². The van der Waals surface area contributed by atoms with Crippen molar-refractivity contribution in [2.75, 3.05) is 0 Å². The molecule has 5 rings (SSSR count). The van der Waals surface area contributed by atoms with Crippen molar-refractivity contribution in [1.29, 1.82) is 0 Å². The number of hydrogen-bond donors (Lipinski definition) is 0. The Hall–Kier alpha value is -3.06. The predicted octanol–water partition coefficient (Wildman–Crippen LogP) is 6.71. The number of fused-ring (bicyclic) bond motifs is 4. The van der Waals surface area contributed by atoms with E-state index in [2.05, 4.69) is 73.7 Å². The quantitative estimate of drug-likeness (QED) is 0.335. The maximum Gasteiger partial charge on any atom is 0.136 e. The lowest BCUT2D eigenvalue weighted by atomic mass is 9.93. The minimum atomic E-state index is 0.945. The minimum Gasteiger partial charge on any atom is -0.456 e. The molecular formula is C23H16O. The average molecular weight is 308 g/mol. The molecule has 0 radical (unpaired) electrons. The van der Waals surface area contributed by atoms with Crippen LogP contribution in [0.25, 0.3) is 43.8 Å². The van der Waals surface area contributed by atoms with Crippen molar-refractivity contribution in [3.63, 3.8) is 0 Å². The van der Waals surface area contributed by atoms with E-state index in [0.717, 1.165) is 11.2 Å². The summed E-state index contributed by atoms with van der Waals surface area (Å²) < 4.78 is 6.06. The van der Waals surface area contributed by atoms with Crippen molar-refractivity contribution >= 4 is 32.7 Å². The fourth-order valence-corrected chi connectivity index (χ4v) is 3.64. The molecule has 1 heteroatoms. The second-order valence-corrected chi connectivity index (χ2v) is 6.29. The molecular weight excluding hydrogens is 292 g/mol. The largest absolute Gasteiger partial charge is 0.456 e. The summed E-state index contributed by atoms with van der Waals surface area (Å²) in [6, 6.07) is 27.7. The standard InChI is InChI=1S/C23H16O/c1-15-10-13-21-23(19-8-4-5-9-20(19)24-21)22(15)18-12-11-16-6-2-3-7-17(16)14-18/h2-14H,1H3. The summed E-state index contributed by atoms with van der Waals surface area (Å²) in [6.45, 7) is 2.17. The summed E-state index contributed by atoms with van der Waals surface area (Å²) >= 11 is 0. The second kappa shape index (κ2) is 4.97. The van der Waals surface area contributed by atoms with E-state index in [1.165, 1.54) is 38.2 Å². The first kappa shape index (κ1) is 13.4. The molecule has 24 heavy (non-hydrogen) atoms. The summed E-state index contributed by atoms with van der Waals surface area (Å²) in [7, 11) is 0. The van der Waals surface area contributed by atoms with Crippen LogP contribution in [0.5, 0.6) is 0 Å². The number of benzene rings is 4. The van der Waals surface area contributed by atoms with E-state index in [9.17, 15) is 0 Å². The Morgan fingerprint density at radius 3 is 2.38 bits per heavy atom. The zero-order valence-electron chi connectivity index (χ0n) is 13.4. The number of aryl methyl sites for hydroxylation is 1. The zero-order chi connectivity index (χ0) is 16.1. The molecule has 0 saturated heterocycles. The Morgan fingerprint density at radius 2 is 1.46 bits per heavy atom. The van der Waals surface area contributed by atoms with Crippen LogP contribution < -0.4 is 0 Å². The molecule has 0 aliphatic carbocycles. The minimum absolute atomic E-state index is 0.945. The third-order valence-electron chi connectivity index (χ3n) is 4.79. The van der Waals surface area contributed by atoms with Crippen molar-refractivity contribution in [3.8, 4) is 11.1 Å². The zero-order valence-corrected chi connectivity index (χ0v) is 13.4. The molecule has 0 amide bonds. The van der Waals surface area contributed by atoms with Gasteiger partial charge in [-0.05, 0) is 52.6 Å². The summed E-state index contributed by atoms with van der Waals surface area (Å²) in [4.78, 5) is 0. The number of para-hydroxylation sites is 1. The van der Waals surface area contributed by atoms with Gasteiger partial charge in [0.25, 0.3) is 0 Å². The maximum atomic E-state index is 6.06. The summed E-state index contributed by atoms with van der Waals surface area (Å²) in [6.07, 6.45) is 0. The molecule has 4 aromatic carbocycles. The van der Waals surface area contributed by atoms with Crippen LogP contribution in [0.3, 0.4) is 0 Å². The Kier molecular flexibility index (Phi) is 2.77. The number of furan rings is 1. The van der Waals surface area contributed by atoms with Gasteiger partial charge in [0.1, 0.15) is 11.2 Å². The van der Waals surface area contributed by atoms with Gasteiger partial charge in [-0.3, -0.25) is 0 Å². The maximum absolute atomic E-state index is 6.06. The van der Waals surface area contributed by atoms with Gasteiger partial charge in [-0.2, -0.15) is 0 Å². The van der Waals surface area contributed by atoms with E-state index in [1.807, 2.05) is 12.1 Å². The van der Waals surface area contributed by atoms with Crippen LogP contribution in [0.4, 0.5) is 0 Å². The highest BCUT2D eigenvalue weighted by molar-refractivity contribution is 6.13. The van der Waals surface area contributed by atoms with Gasteiger partial charge in [-0.25, -0.2) is 0 Å². The first-order chi connectivity index (χ1) is 11.8. The highest BCUT2D eigenvalue weighted by atomic mass is 16.3. The Morgan fingerprint density at radius 1 is 0.667 bits per heavy atom. The number of hydrogen-bond acceptors (Lipinski definition) is 1. The van der Waals surface area contributed by atoms with Crippen molar-refractivity contribution in [1.82, 2.24) is 0 Å². The van der Waals surface area contributed by atoms with E-state index < -0.39 is 0 Å². The lowest BCUT2D eigenvalue weighted by Crippen LogP contribution is -1.85. The summed E-state index contributed by atoms with van der Waals surface area (Å²) in [5.41, 5.74) is 5.67. The fraction of sp³-hybridized carbons (Fsp3) is 0.0435. The van der Waals surface area contributed by atoms with E-state index in [-0.39, 0.29) is 0 Å². The Balaban J connectivity index is 1.91. The molecule has 114 valence electrons. The lowest BCUT2D eigenvalue weighted by molar-refractivity contribution is 0.669. The molecule has 5 aromatic rings. The molecule has 0 aliphatic heterocycles. The topological polar surface area (TPSA) is 13.1 Å². The van der Waals surface area contributed by atoms with Crippen molar-refractivity contribution < 1.29 is 4.42 Å². The molecule has 0 unspecified atom stereocenters. The van der Waals surface area contributed by atoms with Crippen LogP contribution in [0.1, 0.15) is 5.56 Å². The molecule has 0 N–H and O–H groups in total. The van der Waals surface area contributed by atoms with Gasteiger partial charge in [-0.1, -0.05) is 60.7 Å². The Bertz CT molecular complexity index is 1210. The van der Waals surface area contributed by atoms with Gasteiger partial charge in [-0.15, -0.1) is 0 Å². The van der Waals surface area contributed by atoms with Gasteiger partial charge in [0.05, 0.1) is 0 Å². The summed E-state index contributed by atoms with van der Waals surface area (Å²) in [5.74, 6) is 0. The lowest BCUT2D eigenvalue weighted by Gasteiger charge is -2.09. The van der Waals surface area contributed by atoms with Gasteiger partial charge >= 0.3 is 0 Å². The molecule has 0 aliphatic rings. The highest BCUT2D eigenvalue weighted by Crippen LogP contribution is 2.39. The normalized spacial score (nSPS) is 11.5. The van der Waals surface area contributed by atoms with Crippen LogP contribution in [0.2, 0.25) is 0 Å². The fourth-order valence-electron chi connectivity index (χ4n) is 3.64. The molecule has 1 heterocycles. The SMILES string of the molecule is Cc1ccc2oc3ccccc3c2c1-c1ccc2ccccc2c1. The summed E-state index contributed by atoms with van der Waals surface area (Å²) in [5, 5.41) is 4.92. The van der Waals surface area contributed by atoms with Gasteiger partial charge in [0.15, 0.2) is 0 Å². The van der Waals surface area contributed by atoms with Crippen molar-refractivity contribution in [2.45, 2.75) is 6.92 Å². The van der Waals surface area contributed by atoms with Gasteiger partial charge in [0, 0.05) is 10.8 Å². The Labute approximate surface area is 140 Å². The van der Waals surface area contributed by atoms with Crippen LogP contribution >= 0.6 is 0 Å². The van der Waals surface area contributed by atoms with Gasteiger partial charge in [0.2, 0.25) is 0 Å². The van der Waals surface area contributed by atoms with Crippen LogP contribution in [-0.2, 0) is 0 Å². The third kappa shape index (κ3) is 1.88. The van der Waals surface area contributed by atoms with Crippen molar-refractivity contribution in [2.24, 2.45) is 0 Å². The first-order valence-electron chi connectivity index (χ1n) is 8.21. The highest BCUT2D eigenvalue weighted by Gasteiger charge is 2.14. The monoisotopic (exact) mass is 308 g/mol. The molecule has 0 atom stereocenters. The molecule has 0 spiro atoms. The van der Waals surface area contributed by atoms with Crippen LogP contribution in [-0.4, -0.2) is 0 Å². The predicted molar refractivity (Wildman–Crippen MR) is 101 cm³/mol. The van der Waals surface area contributed by atoms with E-state index in [4.69, 9.17) is 4.42 Å². The molecule has 1 aromatic heterocycles. The van der Waals surface area contributed by atoms with Gasteiger partial charge < -0.3 is 4.42 Å². The van der Waals surface area contributed by atoms with Crippen LogP contribution in [0.15, 0.2) is 83.3 Å². The molecule has 0 bridgehead atoms. The molecule has 0 fully saturated rings. The molecule has 1 nitrogen and oxygen atoms in total. The molecule has 0 saturated carbocycles. The first-order valence-corrected chi connectivity index (χ1v) is 8.21. The van der Waals surface area contributed by atoms with Crippen LogP contribution in [0, 0.1) is 6.92 Å². The van der Waals surface area contributed by atoms with E-state index >= 15 is 0 Å². The number of rotatable bonds is 1. The smallest absolute Gasteiger partial charge is 0.136 e. The average Bonchev–Trinajstić information content (AvgIpc) is 3.00. The second-order valence-electron chi connectivity index (χ2n) is 6.29. The van der Waals surface area contributed by atoms with Crippen molar-refractivity contribution in [3.05, 3.63) is 84.4 Å². The van der Waals surface area contributed by atoms with E-state index in [1.54, 1.807) is 0 Å². The third-order valence-corrected chi connectivity index (χ3v) is 4.79.